The Balaban J connectivity index is 1.87. The molecule has 5 nitrogen and oxygen atoms in total. The van der Waals surface area contributed by atoms with Crippen molar-refractivity contribution in [3.63, 3.8) is 0 Å². The number of halogens is 1. The van der Waals surface area contributed by atoms with Crippen molar-refractivity contribution in [2.75, 3.05) is 19.0 Å². The summed E-state index contributed by atoms with van der Waals surface area (Å²) in [5.74, 6) is -0.0320. The van der Waals surface area contributed by atoms with Crippen LogP contribution < -0.4 is 15.4 Å². The van der Waals surface area contributed by atoms with Crippen LogP contribution in [0.1, 0.15) is 10.4 Å². The van der Waals surface area contributed by atoms with Gasteiger partial charge in [-0.2, -0.15) is 0 Å². The van der Waals surface area contributed by atoms with E-state index in [9.17, 15) is 9.59 Å². The van der Waals surface area contributed by atoms with Crippen LogP contribution in [-0.4, -0.2) is 25.5 Å². The first-order valence-electron chi connectivity index (χ1n) is 6.56. The lowest BCUT2D eigenvalue weighted by atomic mass is 10.2. The van der Waals surface area contributed by atoms with Gasteiger partial charge in [0.1, 0.15) is 5.75 Å². The number of rotatable bonds is 5. The van der Waals surface area contributed by atoms with Gasteiger partial charge in [-0.3, -0.25) is 9.59 Å². The molecule has 22 heavy (non-hydrogen) atoms. The number of anilines is 1. The van der Waals surface area contributed by atoms with Crippen LogP contribution in [0.2, 0.25) is 0 Å². The van der Waals surface area contributed by atoms with Gasteiger partial charge >= 0.3 is 0 Å². The second-order valence-corrected chi connectivity index (χ2v) is 5.39. The average Bonchev–Trinajstić information content (AvgIpc) is 2.55. The Bertz CT molecular complexity index is 671. The number of hydrogen-bond donors (Lipinski definition) is 2. The topological polar surface area (TPSA) is 67.4 Å². The first kappa shape index (κ1) is 16.0. The van der Waals surface area contributed by atoms with Crippen LogP contribution in [-0.2, 0) is 4.79 Å². The van der Waals surface area contributed by atoms with Gasteiger partial charge in [0, 0.05) is 15.7 Å². The van der Waals surface area contributed by atoms with Crippen molar-refractivity contribution in [2.24, 2.45) is 0 Å². The molecule has 0 saturated carbocycles. The van der Waals surface area contributed by atoms with Crippen molar-refractivity contribution in [2.45, 2.75) is 0 Å². The fourth-order valence-corrected chi connectivity index (χ4v) is 2.03. The Morgan fingerprint density at radius 2 is 1.86 bits per heavy atom. The van der Waals surface area contributed by atoms with Crippen molar-refractivity contribution >= 4 is 33.4 Å². The van der Waals surface area contributed by atoms with E-state index < -0.39 is 0 Å². The van der Waals surface area contributed by atoms with Gasteiger partial charge in [0.05, 0.1) is 13.7 Å². The molecule has 6 heteroatoms. The molecule has 0 aromatic heterocycles. The SMILES string of the molecule is COc1cccc(C(=O)NCC(=O)Nc2ccc(Br)cc2)c1. The van der Waals surface area contributed by atoms with E-state index in [2.05, 4.69) is 26.6 Å². The molecule has 0 atom stereocenters. The van der Waals surface area contributed by atoms with Gasteiger partial charge in [-0.25, -0.2) is 0 Å². The molecule has 114 valence electrons. The number of amides is 2. The van der Waals surface area contributed by atoms with Crippen molar-refractivity contribution in [3.05, 3.63) is 58.6 Å². The minimum atomic E-state index is -0.329. The zero-order valence-electron chi connectivity index (χ0n) is 11.9. The largest absolute Gasteiger partial charge is 0.497 e. The Morgan fingerprint density at radius 3 is 2.55 bits per heavy atom. The van der Waals surface area contributed by atoms with Crippen molar-refractivity contribution in [1.82, 2.24) is 5.32 Å². The summed E-state index contributed by atoms with van der Waals surface area (Å²) in [6.07, 6.45) is 0. The minimum Gasteiger partial charge on any atom is -0.497 e. The maximum absolute atomic E-state index is 12.0. The van der Waals surface area contributed by atoms with Crippen molar-refractivity contribution < 1.29 is 14.3 Å². The molecule has 0 aliphatic heterocycles. The molecule has 0 bridgehead atoms. The third kappa shape index (κ3) is 4.60. The molecule has 2 amide bonds. The van der Waals surface area contributed by atoms with E-state index in [1.165, 1.54) is 7.11 Å². The van der Waals surface area contributed by atoms with Gasteiger partial charge in [0.15, 0.2) is 0 Å². The summed E-state index contributed by atoms with van der Waals surface area (Å²) in [4.78, 5) is 23.8. The molecule has 2 N–H and O–H groups in total. The highest BCUT2D eigenvalue weighted by Crippen LogP contribution is 2.14. The summed E-state index contributed by atoms with van der Waals surface area (Å²) in [5, 5.41) is 5.27. The first-order chi connectivity index (χ1) is 10.6. The lowest BCUT2D eigenvalue weighted by Crippen LogP contribution is -2.32. The summed E-state index contributed by atoms with van der Waals surface area (Å²) in [6.45, 7) is -0.105. The summed E-state index contributed by atoms with van der Waals surface area (Å²) in [5.41, 5.74) is 1.11. The van der Waals surface area contributed by atoms with Crippen molar-refractivity contribution in [3.8, 4) is 5.75 Å². The smallest absolute Gasteiger partial charge is 0.251 e. The number of methoxy groups -OCH3 is 1. The predicted molar refractivity (Wildman–Crippen MR) is 88.1 cm³/mol. The van der Waals surface area contributed by atoms with Crippen LogP contribution in [0.3, 0.4) is 0 Å². The van der Waals surface area contributed by atoms with E-state index in [0.717, 1.165) is 4.47 Å². The minimum absolute atomic E-state index is 0.105. The number of nitrogens with one attached hydrogen (secondary N) is 2. The molecule has 0 unspecified atom stereocenters. The van der Waals surface area contributed by atoms with E-state index >= 15 is 0 Å². The lowest BCUT2D eigenvalue weighted by Gasteiger charge is -2.08. The Hall–Kier alpha value is -2.34. The third-order valence-electron chi connectivity index (χ3n) is 2.87. The maximum Gasteiger partial charge on any atom is 0.251 e. The molecule has 2 aromatic carbocycles. The average molecular weight is 363 g/mol. The molecule has 0 aliphatic rings. The maximum atomic E-state index is 12.0. The van der Waals surface area contributed by atoms with Gasteiger partial charge in [0.25, 0.3) is 5.91 Å². The molecular formula is C16H15BrN2O3. The summed E-state index contributed by atoms with van der Waals surface area (Å²) >= 11 is 3.32. The molecule has 0 radical (unpaired) electrons. The van der Waals surface area contributed by atoms with Crippen LogP contribution in [0.5, 0.6) is 5.75 Å². The zero-order chi connectivity index (χ0) is 15.9. The van der Waals surface area contributed by atoms with E-state index in [-0.39, 0.29) is 18.4 Å². The fraction of sp³-hybridized carbons (Fsp3) is 0.125. The molecule has 0 fully saturated rings. The molecule has 2 rings (SSSR count). The highest BCUT2D eigenvalue weighted by molar-refractivity contribution is 9.10. The normalized spacial score (nSPS) is 9.91. The molecule has 2 aromatic rings. The van der Waals surface area contributed by atoms with Crippen LogP contribution in [0.25, 0.3) is 0 Å². The van der Waals surface area contributed by atoms with Crippen LogP contribution in [0, 0.1) is 0 Å². The van der Waals surface area contributed by atoms with Gasteiger partial charge < -0.3 is 15.4 Å². The summed E-state index contributed by atoms with van der Waals surface area (Å²) in [7, 11) is 1.53. The van der Waals surface area contributed by atoms with Crippen molar-refractivity contribution in [1.29, 1.82) is 0 Å². The van der Waals surface area contributed by atoms with Crippen LogP contribution in [0.4, 0.5) is 5.69 Å². The number of hydrogen-bond acceptors (Lipinski definition) is 3. The molecule has 0 aliphatic carbocycles. The van der Waals surface area contributed by atoms with Gasteiger partial charge in [-0.15, -0.1) is 0 Å². The Kier molecular flexibility index (Phi) is 5.55. The van der Waals surface area contributed by atoms with Gasteiger partial charge in [0.2, 0.25) is 5.91 Å². The quantitative estimate of drug-likeness (QED) is 0.859. The number of carbonyl (C=O) groups is 2. The standard InChI is InChI=1S/C16H15BrN2O3/c1-22-14-4-2-3-11(9-14)16(21)18-10-15(20)19-13-7-5-12(17)6-8-13/h2-9H,10H2,1H3,(H,18,21)(H,19,20). The van der Waals surface area contributed by atoms with E-state index in [4.69, 9.17) is 4.74 Å². The second-order valence-electron chi connectivity index (χ2n) is 4.47. The van der Waals surface area contributed by atoms with Gasteiger partial charge in [-0.05, 0) is 42.5 Å². The number of benzene rings is 2. The highest BCUT2D eigenvalue weighted by atomic mass is 79.9. The summed E-state index contributed by atoms with van der Waals surface area (Å²) in [6, 6.07) is 13.9. The number of ether oxygens (including phenoxy) is 1. The highest BCUT2D eigenvalue weighted by Gasteiger charge is 2.09. The van der Waals surface area contributed by atoms with E-state index in [1.54, 1.807) is 36.4 Å². The van der Waals surface area contributed by atoms with Gasteiger partial charge in [-0.1, -0.05) is 22.0 Å². The van der Waals surface area contributed by atoms with E-state index in [1.807, 2.05) is 12.1 Å². The molecule has 0 saturated heterocycles. The second kappa shape index (κ2) is 7.61. The first-order valence-corrected chi connectivity index (χ1v) is 7.35. The van der Waals surface area contributed by atoms with E-state index in [0.29, 0.717) is 17.0 Å². The number of carbonyl (C=O) groups excluding carboxylic acids is 2. The third-order valence-corrected chi connectivity index (χ3v) is 3.40. The lowest BCUT2D eigenvalue weighted by molar-refractivity contribution is -0.115. The van der Waals surface area contributed by atoms with Crippen LogP contribution >= 0.6 is 15.9 Å². The fourth-order valence-electron chi connectivity index (χ4n) is 1.77. The predicted octanol–water partition coefficient (Wildman–Crippen LogP) is 2.83. The molecule has 0 spiro atoms. The molecule has 0 heterocycles. The van der Waals surface area contributed by atoms with Crippen LogP contribution in [0.15, 0.2) is 53.0 Å². The molecular weight excluding hydrogens is 348 g/mol. The monoisotopic (exact) mass is 362 g/mol. The zero-order valence-corrected chi connectivity index (χ0v) is 13.5. The Labute approximate surface area is 136 Å². The Morgan fingerprint density at radius 1 is 1.14 bits per heavy atom. The summed E-state index contributed by atoms with van der Waals surface area (Å²) < 4.78 is 5.98.